The van der Waals surface area contributed by atoms with E-state index < -0.39 is 12.1 Å². The van der Waals surface area contributed by atoms with Crippen LogP contribution in [0.3, 0.4) is 0 Å². The SMILES string of the molecule is N#Cc1cnn(-c2cccc(C(=O)NCC3CC(C(F)(F)F)C3)c2)c1N. The molecule has 1 aromatic carbocycles. The molecule has 3 rings (SSSR count). The molecule has 0 bridgehead atoms. The van der Waals surface area contributed by atoms with E-state index in [1.54, 1.807) is 24.3 Å². The Balaban J connectivity index is 1.62. The Bertz CT molecular complexity index is 862. The smallest absolute Gasteiger partial charge is 0.382 e. The topological polar surface area (TPSA) is 96.7 Å². The third-order valence-corrected chi connectivity index (χ3v) is 4.53. The molecule has 1 amide bonds. The first kappa shape index (κ1) is 17.8. The molecule has 0 atom stereocenters. The van der Waals surface area contributed by atoms with Gasteiger partial charge in [0.05, 0.1) is 17.8 Å². The Morgan fingerprint density at radius 1 is 1.42 bits per heavy atom. The number of nitrogen functional groups attached to an aromatic ring is 1. The van der Waals surface area contributed by atoms with E-state index in [1.807, 2.05) is 6.07 Å². The van der Waals surface area contributed by atoms with Crippen LogP contribution in [0.25, 0.3) is 5.69 Å². The van der Waals surface area contributed by atoms with E-state index >= 15 is 0 Å². The normalized spacial score (nSPS) is 19.5. The zero-order valence-corrected chi connectivity index (χ0v) is 13.6. The van der Waals surface area contributed by atoms with Gasteiger partial charge in [0, 0.05) is 12.1 Å². The molecule has 0 saturated heterocycles. The van der Waals surface area contributed by atoms with Gasteiger partial charge in [0.25, 0.3) is 5.91 Å². The number of hydrogen-bond acceptors (Lipinski definition) is 4. The Morgan fingerprint density at radius 2 is 2.15 bits per heavy atom. The lowest BCUT2D eigenvalue weighted by atomic mass is 9.74. The van der Waals surface area contributed by atoms with Crippen molar-refractivity contribution in [2.45, 2.75) is 19.0 Å². The zero-order valence-electron chi connectivity index (χ0n) is 13.6. The average molecular weight is 363 g/mol. The molecule has 3 N–H and O–H groups in total. The Morgan fingerprint density at radius 3 is 2.77 bits per heavy atom. The lowest BCUT2D eigenvalue weighted by Crippen LogP contribution is -2.41. The van der Waals surface area contributed by atoms with Crippen molar-refractivity contribution in [3.8, 4) is 11.8 Å². The quantitative estimate of drug-likeness (QED) is 0.873. The van der Waals surface area contributed by atoms with Gasteiger partial charge in [-0.25, -0.2) is 4.68 Å². The van der Waals surface area contributed by atoms with Crippen molar-refractivity contribution in [3.63, 3.8) is 0 Å². The summed E-state index contributed by atoms with van der Waals surface area (Å²) in [6.07, 6.45) is -2.73. The van der Waals surface area contributed by atoms with Crippen molar-refractivity contribution in [2.75, 3.05) is 12.3 Å². The number of nitrogens with one attached hydrogen (secondary N) is 1. The summed E-state index contributed by atoms with van der Waals surface area (Å²) in [5.41, 5.74) is 6.90. The molecule has 26 heavy (non-hydrogen) atoms. The van der Waals surface area contributed by atoms with Gasteiger partial charge in [-0.1, -0.05) is 6.07 Å². The molecule has 1 aliphatic rings. The molecule has 136 valence electrons. The number of carbonyl (C=O) groups excluding carboxylic acids is 1. The first-order valence-electron chi connectivity index (χ1n) is 7.98. The van der Waals surface area contributed by atoms with Gasteiger partial charge in [0.15, 0.2) is 0 Å². The van der Waals surface area contributed by atoms with Crippen LogP contribution in [-0.4, -0.2) is 28.4 Å². The molecule has 0 spiro atoms. The van der Waals surface area contributed by atoms with Crippen LogP contribution in [-0.2, 0) is 0 Å². The van der Waals surface area contributed by atoms with Crippen LogP contribution < -0.4 is 11.1 Å². The van der Waals surface area contributed by atoms with Gasteiger partial charge in [-0.3, -0.25) is 4.79 Å². The monoisotopic (exact) mass is 363 g/mol. The highest BCUT2D eigenvalue weighted by molar-refractivity contribution is 5.94. The fourth-order valence-electron chi connectivity index (χ4n) is 2.94. The van der Waals surface area contributed by atoms with Crippen molar-refractivity contribution in [1.82, 2.24) is 15.1 Å². The van der Waals surface area contributed by atoms with Crippen LogP contribution in [0.1, 0.15) is 28.8 Å². The number of amides is 1. The predicted molar refractivity (Wildman–Crippen MR) is 87.3 cm³/mol. The maximum atomic E-state index is 12.5. The minimum absolute atomic E-state index is 0.0462. The third-order valence-electron chi connectivity index (χ3n) is 4.53. The molecular weight excluding hydrogens is 347 g/mol. The van der Waals surface area contributed by atoms with Crippen molar-refractivity contribution >= 4 is 11.7 Å². The molecule has 2 aromatic rings. The Kier molecular flexibility index (Phi) is 4.59. The standard InChI is InChI=1S/C17H16F3N5O/c18-17(19,20)13-4-10(5-13)8-23-16(26)11-2-1-3-14(6-11)25-15(22)12(7-21)9-24-25/h1-3,6,9-10,13H,4-5,8,22H2,(H,23,26). The van der Waals surface area contributed by atoms with Gasteiger partial charge < -0.3 is 11.1 Å². The summed E-state index contributed by atoms with van der Waals surface area (Å²) in [6.45, 7) is 0.206. The number of carbonyl (C=O) groups is 1. The fraction of sp³-hybridized carbons (Fsp3) is 0.353. The maximum Gasteiger partial charge on any atom is 0.391 e. The summed E-state index contributed by atoms with van der Waals surface area (Å²) in [7, 11) is 0. The largest absolute Gasteiger partial charge is 0.391 e. The molecule has 9 heteroatoms. The molecule has 6 nitrogen and oxygen atoms in total. The number of nitrogens with two attached hydrogens (primary N) is 1. The van der Waals surface area contributed by atoms with E-state index in [-0.39, 0.29) is 42.6 Å². The number of nitriles is 1. The van der Waals surface area contributed by atoms with Gasteiger partial charge in [0.1, 0.15) is 17.5 Å². The van der Waals surface area contributed by atoms with Gasteiger partial charge >= 0.3 is 6.18 Å². The average Bonchev–Trinajstić information content (AvgIpc) is 2.92. The molecular formula is C17H16F3N5O. The number of anilines is 1. The van der Waals surface area contributed by atoms with Gasteiger partial charge in [-0.05, 0) is 37.0 Å². The van der Waals surface area contributed by atoms with E-state index in [2.05, 4.69) is 10.4 Å². The van der Waals surface area contributed by atoms with Crippen LogP contribution in [0.5, 0.6) is 0 Å². The fourth-order valence-corrected chi connectivity index (χ4v) is 2.94. The molecule has 1 aromatic heterocycles. The summed E-state index contributed by atoms with van der Waals surface area (Å²) in [6, 6.07) is 8.38. The molecule has 1 aliphatic carbocycles. The first-order chi connectivity index (χ1) is 12.3. The van der Waals surface area contributed by atoms with Crippen molar-refractivity contribution in [1.29, 1.82) is 5.26 Å². The van der Waals surface area contributed by atoms with Crippen molar-refractivity contribution in [3.05, 3.63) is 41.6 Å². The highest BCUT2D eigenvalue weighted by Gasteiger charge is 2.47. The second-order valence-electron chi connectivity index (χ2n) is 6.30. The number of aromatic nitrogens is 2. The second kappa shape index (κ2) is 6.71. The third kappa shape index (κ3) is 3.49. The molecule has 1 saturated carbocycles. The lowest BCUT2D eigenvalue weighted by Gasteiger charge is -2.36. The van der Waals surface area contributed by atoms with E-state index in [0.29, 0.717) is 11.3 Å². The summed E-state index contributed by atoms with van der Waals surface area (Å²) in [4.78, 5) is 12.3. The molecule has 1 heterocycles. The molecule has 0 aliphatic heterocycles. The van der Waals surface area contributed by atoms with Crippen LogP contribution in [0.4, 0.5) is 19.0 Å². The van der Waals surface area contributed by atoms with E-state index in [4.69, 9.17) is 11.0 Å². The number of halogens is 3. The first-order valence-corrected chi connectivity index (χ1v) is 7.98. The number of nitrogens with zero attached hydrogens (tertiary/aromatic N) is 3. The highest BCUT2D eigenvalue weighted by Crippen LogP contribution is 2.44. The minimum Gasteiger partial charge on any atom is -0.382 e. The highest BCUT2D eigenvalue weighted by atomic mass is 19.4. The zero-order chi connectivity index (χ0) is 18.9. The van der Waals surface area contributed by atoms with E-state index in [9.17, 15) is 18.0 Å². The van der Waals surface area contributed by atoms with E-state index in [0.717, 1.165) is 0 Å². The number of benzene rings is 1. The molecule has 0 unspecified atom stereocenters. The van der Waals surface area contributed by atoms with Gasteiger partial charge in [-0.15, -0.1) is 0 Å². The number of rotatable bonds is 4. The van der Waals surface area contributed by atoms with Gasteiger partial charge in [0.2, 0.25) is 0 Å². The van der Waals surface area contributed by atoms with E-state index in [1.165, 1.54) is 10.9 Å². The summed E-state index contributed by atoms with van der Waals surface area (Å²) in [5.74, 6) is -1.63. The Hall–Kier alpha value is -3.02. The van der Waals surface area contributed by atoms with Crippen LogP contribution in [0.15, 0.2) is 30.5 Å². The van der Waals surface area contributed by atoms with Crippen molar-refractivity contribution in [2.24, 2.45) is 11.8 Å². The predicted octanol–water partition coefficient (Wildman–Crippen LogP) is 2.64. The van der Waals surface area contributed by atoms with Crippen molar-refractivity contribution < 1.29 is 18.0 Å². The summed E-state index contributed by atoms with van der Waals surface area (Å²) in [5, 5.41) is 15.6. The van der Waals surface area contributed by atoms with Crippen LogP contribution in [0.2, 0.25) is 0 Å². The van der Waals surface area contributed by atoms with Crippen LogP contribution >= 0.6 is 0 Å². The minimum atomic E-state index is -4.15. The summed E-state index contributed by atoms with van der Waals surface area (Å²) >= 11 is 0. The van der Waals surface area contributed by atoms with Gasteiger partial charge in [-0.2, -0.15) is 23.5 Å². The molecule has 1 fully saturated rings. The Labute approximate surface area is 147 Å². The number of hydrogen-bond donors (Lipinski definition) is 2. The maximum absolute atomic E-state index is 12.5. The second-order valence-corrected chi connectivity index (χ2v) is 6.30. The van der Waals surface area contributed by atoms with Crippen LogP contribution in [0, 0.1) is 23.2 Å². The lowest BCUT2D eigenvalue weighted by molar-refractivity contribution is -0.203. The molecule has 0 radical (unpaired) electrons. The number of alkyl halides is 3. The summed E-state index contributed by atoms with van der Waals surface area (Å²) < 4.78 is 38.8.